The Morgan fingerprint density at radius 3 is 2.33 bits per heavy atom. The summed E-state index contributed by atoms with van der Waals surface area (Å²) in [6.07, 6.45) is 0.833. The molecule has 0 spiro atoms. The van der Waals surface area contributed by atoms with Crippen LogP contribution in [0.1, 0.15) is 95.5 Å². The Kier molecular flexibility index (Phi) is 12.1. The number of ketones is 2. The lowest BCUT2D eigenvalue weighted by Crippen LogP contribution is -2.42. The van der Waals surface area contributed by atoms with Crippen LogP contribution in [0.25, 0.3) is 0 Å². The molecule has 0 radical (unpaired) electrons. The molecule has 33 heavy (non-hydrogen) atoms. The van der Waals surface area contributed by atoms with Gasteiger partial charge in [-0.05, 0) is 38.5 Å². The van der Waals surface area contributed by atoms with Gasteiger partial charge in [0.15, 0.2) is 11.6 Å². The number of hydrogen-bond donors (Lipinski definition) is 1. The van der Waals surface area contributed by atoms with E-state index in [1.165, 1.54) is 6.07 Å². The number of unbranched alkanes of at least 4 members (excludes halogenated alkanes) is 5. The predicted octanol–water partition coefficient (Wildman–Crippen LogP) is 6.34. The van der Waals surface area contributed by atoms with Gasteiger partial charge < -0.3 is 9.47 Å². The summed E-state index contributed by atoms with van der Waals surface area (Å²) < 4.78 is 51.3. The minimum absolute atomic E-state index is 0.123. The number of carbonyl (C=O) groups excluding carboxylic acids is 2. The van der Waals surface area contributed by atoms with Crippen LogP contribution in [-0.2, 0) is 15.7 Å². The number of carbonyl (C=O) groups is 2. The molecule has 1 saturated heterocycles. The fourth-order valence-electron chi connectivity index (χ4n) is 3.47. The number of hydrogen-bond acceptors (Lipinski definition) is 5. The molecule has 0 aliphatic carbocycles. The molecule has 5 nitrogen and oxygen atoms in total. The number of halogens is 3. The van der Waals surface area contributed by atoms with E-state index in [-0.39, 0.29) is 24.5 Å². The largest absolute Gasteiger partial charge is 0.493 e. The van der Waals surface area contributed by atoms with Gasteiger partial charge in [-0.15, -0.1) is 0 Å². The molecule has 1 atom stereocenters. The minimum atomic E-state index is -4.67. The van der Waals surface area contributed by atoms with Crippen LogP contribution in [0.2, 0.25) is 0 Å². The maximum absolute atomic E-state index is 13.5. The smallest absolute Gasteiger partial charge is 0.419 e. The second kappa shape index (κ2) is 13.7. The molecule has 1 aromatic rings. The summed E-state index contributed by atoms with van der Waals surface area (Å²) in [6.45, 7) is 9.93. The number of alkyl halides is 3. The van der Waals surface area contributed by atoms with E-state index in [1.807, 2.05) is 13.8 Å². The zero-order valence-electron chi connectivity index (χ0n) is 20.4. The maximum atomic E-state index is 13.5. The fraction of sp³-hybridized carbons (Fsp3) is 0.680. The zero-order chi connectivity index (χ0) is 25.1. The van der Waals surface area contributed by atoms with Gasteiger partial charge in [0, 0.05) is 5.56 Å². The third kappa shape index (κ3) is 9.84. The summed E-state index contributed by atoms with van der Waals surface area (Å²) >= 11 is 0. The monoisotopic (exact) mass is 473 g/mol. The third-order valence-electron chi connectivity index (χ3n) is 5.22. The Hall–Kier alpha value is -1.93. The average molecular weight is 474 g/mol. The van der Waals surface area contributed by atoms with Crippen LogP contribution in [0, 0.1) is 0 Å². The van der Waals surface area contributed by atoms with Gasteiger partial charge in [-0.25, -0.2) is 0 Å². The van der Waals surface area contributed by atoms with E-state index in [0.717, 1.165) is 44.2 Å². The Bertz CT molecular complexity index is 763. The van der Waals surface area contributed by atoms with Gasteiger partial charge in [0.1, 0.15) is 11.5 Å². The average Bonchev–Trinajstić information content (AvgIpc) is 3.13. The van der Waals surface area contributed by atoms with E-state index < -0.39 is 41.5 Å². The summed E-state index contributed by atoms with van der Waals surface area (Å²) in [4.78, 5) is 24.8. The third-order valence-corrected chi connectivity index (χ3v) is 5.22. The van der Waals surface area contributed by atoms with Gasteiger partial charge in [-0.3, -0.25) is 14.9 Å². The molecule has 2 rings (SSSR count). The minimum Gasteiger partial charge on any atom is -0.493 e. The van der Waals surface area contributed by atoms with E-state index in [0.29, 0.717) is 6.42 Å². The Morgan fingerprint density at radius 1 is 1.12 bits per heavy atom. The molecular weight excluding hydrogens is 435 g/mol. The fourth-order valence-corrected chi connectivity index (χ4v) is 3.47. The molecule has 1 fully saturated rings. The Balaban J connectivity index is 0.00000265. The van der Waals surface area contributed by atoms with E-state index in [2.05, 4.69) is 12.2 Å². The van der Waals surface area contributed by atoms with Crippen LogP contribution >= 0.6 is 0 Å². The highest BCUT2D eigenvalue weighted by atomic mass is 19.4. The van der Waals surface area contributed by atoms with Gasteiger partial charge in [-0.2, -0.15) is 13.2 Å². The first-order chi connectivity index (χ1) is 15.5. The Labute approximate surface area is 195 Å². The lowest BCUT2D eigenvalue weighted by atomic mass is 10.00. The molecule has 0 amide bonds. The second-order valence-electron chi connectivity index (χ2n) is 8.41. The van der Waals surface area contributed by atoms with Crippen molar-refractivity contribution >= 4 is 11.6 Å². The number of benzene rings is 1. The molecule has 1 N–H and O–H groups in total. The molecule has 1 unspecified atom stereocenters. The molecule has 1 heterocycles. The molecule has 0 saturated carbocycles. The van der Waals surface area contributed by atoms with Gasteiger partial charge in [0.25, 0.3) is 0 Å². The number of Topliss-reactive ketones (excluding diaryl/α,β-unsaturated/α-hetero) is 2. The van der Waals surface area contributed by atoms with E-state index in [1.54, 1.807) is 13.8 Å². The van der Waals surface area contributed by atoms with Gasteiger partial charge in [0.2, 0.25) is 0 Å². The molecule has 1 aliphatic heterocycles. The number of rotatable bonds is 12. The van der Waals surface area contributed by atoms with Crippen molar-refractivity contribution in [1.29, 1.82) is 0 Å². The molecule has 0 aromatic heterocycles. The van der Waals surface area contributed by atoms with Gasteiger partial charge in [0.05, 0.1) is 31.2 Å². The van der Waals surface area contributed by atoms with Crippen LogP contribution in [0.4, 0.5) is 13.2 Å². The summed E-state index contributed by atoms with van der Waals surface area (Å²) in [7, 11) is 0. The van der Waals surface area contributed by atoms with E-state index >= 15 is 0 Å². The normalized spacial score (nSPS) is 17.3. The molecule has 8 heteroatoms. The van der Waals surface area contributed by atoms with E-state index in [9.17, 15) is 22.8 Å². The molecule has 1 aromatic carbocycles. The molecular formula is C25H38F3NO4. The summed E-state index contributed by atoms with van der Waals surface area (Å²) in [5, 5.41) is 2.95. The summed E-state index contributed by atoms with van der Waals surface area (Å²) in [6, 6.07) is 2.57. The topological polar surface area (TPSA) is 64.6 Å². The standard InChI is InChI=1S/C23H32F3NO4.C2H6/c1-4-5-6-7-8-9-12-30-21-11-10-16(13-17(21)23(24,25)26)19(28)14-20(29)18-15-31-22(2,3)27-18;1-2/h10-11,13,18,27H,4-9,12,14-15H2,1-3H3;1-2H3. The lowest BCUT2D eigenvalue weighted by molar-refractivity contribution is -0.139. The van der Waals surface area contributed by atoms with E-state index in [4.69, 9.17) is 9.47 Å². The van der Waals surface area contributed by atoms with Gasteiger partial charge >= 0.3 is 6.18 Å². The van der Waals surface area contributed by atoms with Crippen molar-refractivity contribution in [1.82, 2.24) is 5.32 Å². The van der Waals surface area contributed by atoms with Crippen LogP contribution in [0.3, 0.4) is 0 Å². The van der Waals surface area contributed by atoms with Crippen molar-refractivity contribution in [3.8, 4) is 5.75 Å². The van der Waals surface area contributed by atoms with Crippen molar-refractivity contribution in [3.63, 3.8) is 0 Å². The van der Waals surface area contributed by atoms with Crippen LogP contribution in [-0.4, -0.2) is 36.5 Å². The summed E-state index contributed by atoms with van der Waals surface area (Å²) in [5.74, 6) is -1.37. The molecule has 1 aliphatic rings. The van der Waals surface area contributed by atoms with Crippen molar-refractivity contribution in [2.75, 3.05) is 13.2 Å². The number of nitrogens with one attached hydrogen (secondary N) is 1. The van der Waals surface area contributed by atoms with Crippen LogP contribution in [0.15, 0.2) is 18.2 Å². The molecule has 188 valence electrons. The second-order valence-corrected chi connectivity index (χ2v) is 8.41. The first-order valence-corrected chi connectivity index (χ1v) is 11.8. The summed E-state index contributed by atoms with van der Waals surface area (Å²) in [5.41, 5.74) is -1.84. The highest BCUT2D eigenvalue weighted by Crippen LogP contribution is 2.37. The van der Waals surface area contributed by atoms with Crippen molar-refractivity contribution in [2.45, 2.75) is 97.5 Å². The Morgan fingerprint density at radius 2 is 1.76 bits per heavy atom. The van der Waals surface area contributed by atoms with Crippen molar-refractivity contribution < 1.29 is 32.2 Å². The highest BCUT2D eigenvalue weighted by Gasteiger charge is 2.37. The van der Waals surface area contributed by atoms with Crippen molar-refractivity contribution in [3.05, 3.63) is 29.3 Å². The quantitative estimate of drug-likeness (QED) is 0.218. The first-order valence-electron chi connectivity index (χ1n) is 11.8. The lowest BCUT2D eigenvalue weighted by Gasteiger charge is -2.17. The van der Waals surface area contributed by atoms with Crippen molar-refractivity contribution in [2.24, 2.45) is 0 Å². The number of ether oxygens (including phenoxy) is 2. The highest BCUT2D eigenvalue weighted by molar-refractivity contribution is 6.09. The van der Waals surface area contributed by atoms with Crippen LogP contribution in [0.5, 0.6) is 5.75 Å². The maximum Gasteiger partial charge on any atom is 0.419 e. The van der Waals surface area contributed by atoms with Crippen LogP contribution < -0.4 is 10.1 Å². The van der Waals surface area contributed by atoms with Gasteiger partial charge in [-0.1, -0.05) is 52.9 Å². The molecule has 0 bridgehead atoms. The predicted molar refractivity (Wildman–Crippen MR) is 123 cm³/mol. The zero-order valence-corrected chi connectivity index (χ0v) is 20.4. The first kappa shape index (κ1) is 29.1. The SMILES string of the molecule is CC.CCCCCCCCOc1ccc(C(=O)CC(=O)C2COC(C)(C)N2)cc1C(F)(F)F.